The molecular weight excluding hydrogens is 400 g/mol. The van der Waals surface area contributed by atoms with Crippen molar-refractivity contribution < 1.29 is 9.94 Å². The average Bonchev–Trinajstić information content (AvgIpc) is 3.45. The predicted molar refractivity (Wildman–Crippen MR) is 124 cm³/mol. The Bertz CT molecular complexity index is 1230. The van der Waals surface area contributed by atoms with Gasteiger partial charge in [0.15, 0.2) is 0 Å². The topological polar surface area (TPSA) is 72.5 Å². The molecule has 0 amide bonds. The van der Waals surface area contributed by atoms with E-state index in [2.05, 4.69) is 28.3 Å². The van der Waals surface area contributed by atoms with Gasteiger partial charge in [-0.15, -0.1) is 0 Å². The van der Waals surface area contributed by atoms with Gasteiger partial charge in [0.2, 0.25) is 0 Å². The summed E-state index contributed by atoms with van der Waals surface area (Å²) in [4.78, 5) is 9.74. The fourth-order valence-electron chi connectivity index (χ4n) is 4.06. The quantitative estimate of drug-likeness (QED) is 0.444. The van der Waals surface area contributed by atoms with Crippen molar-refractivity contribution >= 4 is 5.71 Å². The highest BCUT2D eigenvalue weighted by atomic mass is 16.6. The van der Waals surface area contributed by atoms with Gasteiger partial charge < -0.3 is 9.94 Å². The maximum atomic E-state index is 9.36. The van der Waals surface area contributed by atoms with Crippen molar-refractivity contribution in [1.82, 2.24) is 14.8 Å². The standard InChI is InChI=1S/C26H24N4O2/c31-15-14-30-17-24(26(28-30)20-10-12-27-13-11-20)22-6-8-23-21(16-22)7-9-25(23)29-32-18-19-4-2-1-3-5-19/h1-6,8,10-13,16-17,31H,7,9,14-15,18H2/b29-25+. The first kappa shape index (κ1) is 20.2. The van der Waals surface area contributed by atoms with Crippen molar-refractivity contribution in [3.8, 4) is 22.4 Å². The number of nitrogens with zero attached hydrogens (tertiary/aromatic N) is 4. The van der Waals surface area contributed by atoms with Crippen molar-refractivity contribution in [3.63, 3.8) is 0 Å². The molecule has 6 heteroatoms. The Hall–Kier alpha value is -3.77. The fraction of sp³-hybridized carbons (Fsp3) is 0.192. The summed E-state index contributed by atoms with van der Waals surface area (Å²) < 4.78 is 1.79. The number of aliphatic hydroxyl groups excluding tert-OH is 1. The third kappa shape index (κ3) is 4.18. The summed E-state index contributed by atoms with van der Waals surface area (Å²) in [5.74, 6) is 0. The van der Waals surface area contributed by atoms with E-state index in [0.717, 1.165) is 52.1 Å². The molecule has 160 valence electrons. The van der Waals surface area contributed by atoms with E-state index in [-0.39, 0.29) is 6.61 Å². The number of fused-ring (bicyclic) bond motifs is 1. The molecule has 6 nitrogen and oxygen atoms in total. The van der Waals surface area contributed by atoms with Crippen molar-refractivity contribution in [1.29, 1.82) is 0 Å². The summed E-state index contributed by atoms with van der Waals surface area (Å²) in [5.41, 5.74) is 8.55. The molecule has 0 unspecified atom stereocenters. The van der Waals surface area contributed by atoms with Crippen molar-refractivity contribution in [2.24, 2.45) is 5.16 Å². The lowest BCUT2D eigenvalue weighted by Gasteiger charge is -2.06. The van der Waals surface area contributed by atoms with Crippen LogP contribution >= 0.6 is 0 Å². The van der Waals surface area contributed by atoms with E-state index in [1.54, 1.807) is 17.1 Å². The second-order valence-corrected chi connectivity index (χ2v) is 7.78. The lowest BCUT2D eigenvalue weighted by Crippen LogP contribution is -2.02. The van der Waals surface area contributed by atoms with Gasteiger partial charge in [0.25, 0.3) is 0 Å². The first-order chi connectivity index (χ1) is 15.8. The van der Waals surface area contributed by atoms with Crippen LogP contribution in [0.1, 0.15) is 23.1 Å². The van der Waals surface area contributed by atoms with Crippen LogP contribution in [0.2, 0.25) is 0 Å². The van der Waals surface area contributed by atoms with Crippen LogP contribution in [0.15, 0.2) is 84.4 Å². The summed E-state index contributed by atoms with van der Waals surface area (Å²) in [6.45, 7) is 0.972. The van der Waals surface area contributed by atoms with Gasteiger partial charge in [0.1, 0.15) is 12.3 Å². The summed E-state index contributed by atoms with van der Waals surface area (Å²) in [6, 6.07) is 20.4. The SMILES string of the molecule is OCCn1cc(-c2ccc3c(c2)CC/C3=N\OCc2ccccc2)c(-c2ccncc2)n1. The summed E-state index contributed by atoms with van der Waals surface area (Å²) in [6.07, 6.45) is 7.34. The lowest BCUT2D eigenvalue weighted by molar-refractivity contribution is 0.130. The molecule has 1 aliphatic carbocycles. The number of aliphatic hydroxyl groups is 1. The maximum Gasteiger partial charge on any atom is 0.142 e. The van der Waals surface area contributed by atoms with Gasteiger partial charge in [-0.05, 0) is 41.7 Å². The second-order valence-electron chi connectivity index (χ2n) is 7.78. The fourth-order valence-corrected chi connectivity index (χ4v) is 4.06. The Labute approximate surface area is 186 Å². The zero-order valence-electron chi connectivity index (χ0n) is 17.7. The number of benzene rings is 2. The van der Waals surface area contributed by atoms with Gasteiger partial charge in [-0.1, -0.05) is 53.7 Å². The van der Waals surface area contributed by atoms with Crippen molar-refractivity contribution in [2.75, 3.05) is 6.61 Å². The van der Waals surface area contributed by atoms with Crippen LogP contribution in [0, 0.1) is 0 Å². The van der Waals surface area contributed by atoms with Crippen LogP contribution in [0.25, 0.3) is 22.4 Å². The van der Waals surface area contributed by atoms with Crippen LogP contribution in [0.4, 0.5) is 0 Å². The molecule has 0 radical (unpaired) electrons. The second kappa shape index (κ2) is 9.16. The molecule has 2 aromatic heterocycles. The Kier molecular flexibility index (Phi) is 5.77. The monoisotopic (exact) mass is 424 g/mol. The van der Waals surface area contributed by atoms with Crippen LogP contribution in [-0.4, -0.2) is 32.2 Å². The first-order valence-corrected chi connectivity index (χ1v) is 10.8. The molecule has 32 heavy (non-hydrogen) atoms. The summed E-state index contributed by atoms with van der Waals surface area (Å²) in [5, 5.41) is 18.5. The van der Waals surface area contributed by atoms with Gasteiger partial charge in [-0.2, -0.15) is 5.10 Å². The molecule has 0 bridgehead atoms. The van der Waals surface area contributed by atoms with Crippen molar-refractivity contribution in [2.45, 2.75) is 26.0 Å². The molecule has 1 aliphatic rings. The highest BCUT2D eigenvalue weighted by Gasteiger charge is 2.21. The van der Waals surface area contributed by atoms with Crippen LogP contribution < -0.4 is 0 Å². The minimum atomic E-state index is 0.0455. The third-order valence-corrected chi connectivity index (χ3v) is 5.65. The number of oxime groups is 1. The number of aryl methyl sites for hydroxylation is 1. The number of aromatic nitrogens is 3. The average molecular weight is 425 g/mol. The molecule has 5 rings (SSSR count). The van der Waals surface area contributed by atoms with E-state index in [1.807, 2.05) is 48.7 Å². The molecule has 4 aromatic rings. The molecular formula is C26H24N4O2. The van der Waals surface area contributed by atoms with Crippen LogP contribution in [-0.2, 0) is 24.4 Å². The number of hydrogen-bond donors (Lipinski definition) is 1. The van der Waals surface area contributed by atoms with Gasteiger partial charge in [-0.3, -0.25) is 9.67 Å². The Morgan fingerprint density at radius 3 is 2.59 bits per heavy atom. The predicted octanol–water partition coefficient (Wildman–Crippen LogP) is 4.47. The van der Waals surface area contributed by atoms with Crippen molar-refractivity contribution in [3.05, 3.63) is 95.9 Å². The zero-order valence-corrected chi connectivity index (χ0v) is 17.7. The number of rotatable bonds is 7. The molecule has 0 atom stereocenters. The molecule has 0 aliphatic heterocycles. The first-order valence-electron chi connectivity index (χ1n) is 10.8. The highest BCUT2D eigenvalue weighted by molar-refractivity contribution is 6.04. The molecule has 2 aromatic carbocycles. The zero-order chi connectivity index (χ0) is 21.8. The molecule has 0 spiro atoms. The minimum Gasteiger partial charge on any atom is -0.394 e. The summed E-state index contributed by atoms with van der Waals surface area (Å²) >= 11 is 0. The lowest BCUT2D eigenvalue weighted by atomic mass is 9.98. The Balaban J connectivity index is 1.42. The van der Waals surface area contributed by atoms with E-state index in [0.29, 0.717) is 13.2 Å². The number of pyridine rings is 1. The molecule has 0 saturated carbocycles. The van der Waals surface area contributed by atoms with E-state index < -0.39 is 0 Å². The highest BCUT2D eigenvalue weighted by Crippen LogP contribution is 2.34. The normalized spacial score (nSPS) is 14.0. The maximum absolute atomic E-state index is 9.36. The van der Waals surface area contributed by atoms with E-state index >= 15 is 0 Å². The Morgan fingerprint density at radius 2 is 1.78 bits per heavy atom. The van der Waals surface area contributed by atoms with Gasteiger partial charge in [-0.25, -0.2) is 0 Å². The molecule has 0 saturated heterocycles. The van der Waals surface area contributed by atoms with Crippen LogP contribution in [0.3, 0.4) is 0 Å². The Morgan fingerprint density at radius 1 is 0.938 bits per heavy atom. The minimum absolute atomic E-state index is 0.0455. The van der Waals surface area contributed by atoms with Gasteiger partial charge in [0, 0.05) is 35.3 Å². The molecule has 1 N–H and O–H groups in total. The third-order valence-electron chi connectivity index (χ3n) is 5.65. The van der Waals surface area contributed by atoms with Crippen LogP contribution in [0.5, 0.6) is 0 Å². The molecule has 2 heterocycles. The summed E-state index contributed by atoms with van der Waals surface area (Å²) in [7, 11) is 0. The molecule has 0 fully saturated rings. The van der Waals surface area contributed by atoms with E-state index in [1.165, 1.54) is 5.56 Å². The largest absolute Gasteiger partial charge is 0.394 e. The smallest absolute Gasteiger partial charge is 0.142 e. The van der Waals surface area contributed by atoms with E-state index in [9.17, 15) is 5.11 Å². The van der Waals surface area contributed by atoms with Gasteiger partial charge >= 0.3 is 0 Å². The van der Waals surface area contributed by atoms with Gasteiger partial charge in [0.05, 0.1) is 18.9 Å². The van der Waals surface area contributed by atoms with E-state index in [4.69, 9.17) is 9.94 Å². The number of hydrogen-bond acceptors (Lipinski definition) is 5.